The molecule has 2 atom stereocenters. The van der Waals surface area contributed by atoms with Gasteiger partial charge >= 0.3 is 5.97 Å². The van der Waals surface area contributed by atoms with Gasteiger partial charge in [0.05, 0.1) is 5.56 Å². The third-order valence-corrected chi connectivity index (χ3v) is 8.76. The number of ether oxygens (including phenoxy) is 1. The van der Waals surface area contributed by atoms with Crippen molar-refractivity contribution in [1.29, 1.82) is 0 Å². The Hall–Kier alpha value is -3.32. The number of benzene rings is 1. The number of carbonyl (C=O) groups is 1. The number of H-pyrrole nitrogens is 1. The van der Waals surface area contributed by atoms with Crippen LogP contribution in [0.5, 0.6) is 0 Å². The number of nitrogens with one attached hydrogen (secondary N) is 1. The van der Waals surface area contributed by atoms with Gasteiger partial charge in [0.25, 0.3) is 0 Å². The van der Waals surface area contributed by atoms with Crippen LogP contribution in [0.3, 0.4) is 0 Å². The number of hydrogen-bond acceptors (Lipinski definition) is 4. The highest BCUT2D eigenvalue weighted by Gasteiger charge is 2.47. The van der Waals surface area contributed by atoms with Crippen molar-refractivity contribution in [3.05, 3.63) is 93.4 Å². The minimum absolute atomic E-state index is 0.171. The van der Waals surface area contributed by atoms with Gasteiger partial charge in [0.15, 0.2) is 0 Å². The predicted octanol–water partition coefficient (Wildman–Crippen LogP) is 8.69. The van der Waals surface area contributed by atoms with E-state index in [1.54, 1.807) is 32.1 Å². The molecule has 43 heavy (non-hydrogen) atoms. The fourth-order valence-electron chi connectivity index (χ4n) is 5.83. The van der Waals surface area contributed by atoms with E-state index < -0.39 is 23.0 Å². The molecule has 3 rings (SSSR count). The first-order valence-corrected chi connectivity index (χ1v) is 15.3. The molecular weight excluding hydrogens is 546 g/mol. The van der Waals surface area contributed by atoms with Gasteiger partial charge < -0.3 is 9.72 Å². The number of nitrogens with zero attached hydrogens (tertiary/aromatic N) is 1. The standard InChI is InChI=1S/C36H48F2N2O3/c1-11-25(34(26-13-14-26)36(10,38)21(3)4)16-28(12-2)43-35(42)29-17-27(20-40(22(5)6)23(7)8)30(15-24(29)9)31-18-33(41)39-19-32(31)37/h11-12,15-19,21-23,26,34H,2,13-14,20H2,1,3-10H3,(H,39,41)/b25-11+,28-16+/t34?,36-/m0/s1. The van der Waals surface area contributed by atoms with Crippen LogP contribution in [-0.4, -0.2) is 33.6 Å². The van der Waals surface area contributed by atoms with Crippen molar-refractivity contribution >= 4 is 5.97 Å². The van der Waals surface area contributed by atoms with Gasteiger partial charge in [-0.3, -0.25) is 9.69 Å². The molecule has 1 fully saturated rings. The Morgan fingerprint density at radius 1 is 1.14 bits per heavy atom. The van der Waals surface area contributed by atoms with Crippen molar-refractivity contribution in [2.24, 2.45) is 17.8 Å². The topological polar surface area (TPSA) is 62.4 Å². The van der Waals surface area contributed by atoms with E-state index in [-0.39, 0.29) is 41.2 Å². The van der Waals surface area contributed by atoms with Crippen molar-refractivity contribution in [3.8, 4) is 11.1 Å². The van der Waals surface area contributed by atoms with Crippen LogP contribution in [0.25, 0.3) is 11.1 Å². The number of carbonyl (C=O) groups excluding carboxylic acids is 1. The molecule has 0 bridgehead atoms. The summed E-state index contributed by atoms with van der Waals surface area (Å²) in [5.41, 5.74) is 1.25. The maximum absolute atomic E-state index is 16.0. The highest BCUT2D eigenvalue weighted by molar-refractivity contribution is 5.93. The van der Waals surface area contributed by atoms with Gasteiger partial charge in [-0.15, -0.1) is 0 Å². The molecule has 0 aliphatic heterocycles. The van der Waals surface area contributed by atoms with Crippen LogP contribution in [0.15, 0.2) is 65.3 Å². The number of aryl methyl sites for hydroxylation is 1. The van der Waals surface area contributed by atoms with Crippen LogP contribution in [0.2, 0.25) is 0 Å². The maximum Gasteiger partial charge on any atom is 0.343 e. The molecule has 5 nitrogen and oxygen atoms in total. The first kappa shape index (κ1) is 34.2. The Morgan fingerprint density at radius 3 is 2.28 bits per heavy atom. The Labute approximate surface area is 255 Å². The number of hydrogen-bond donors (Lipinski definition) is 1. The first-order chi connectivity index (χ1) is 20.1. The quantitative estimate of drug-likeness (QED) is 0.143. The number of rotatable bonds is 13. The number of alkyl halides is 1. The van der Waals surface area contributed by atoms with Gasteiger partial charge in [-0.2, -0.15) is 0 Å². The van der Waals surface area contributed by atoms with E-state index in [2.05, 4.69) is 44.2 Å². The summed E-state index contributed by atoms with van der Waals surface area (Å²) in [5, 5.41) is 0. The number of pyridine rings is 1. The molecule has 1 aliphatic carbocycles. The molecular formula is C36H48F2N2O3. The Balaban J connectivity index is 2.06. The fraction of sp³-hybridized carbons (Fsp3) is 0.500. The molecule has 1 aromatic heterocycles. The summed E-state index contributed by atoms with van der Waals surface area (Å²) < 4.78 is 36.8. The van der Waals surface area contributed by atoms with Crippen LogP contribution in [-0.2, 0) is 11.3 Å². The molecule has 0 spiro atoms. The van der Waals surface area contributed by atoms with Crippen LogP contribution in [0, 0.1) is 30.5 Å². The number of halogens is 2. The van der Waals surface area contributed by atoms with Gasteiger partial charge in [0.1, 0.15) is 17.2 Å². The summed E-state index contributed by atoms with van der Waals surface area (Å²) >= 11 is 0. The predicted molar refractivity (Wildman–Crippen MR) is 171 cm³/mol. The van der Waals surface area contributed by atoms with Crippen LogP contribution < -0.4 is 5.56 Å². The second kappa shape index (κ2) is 14.0. The first-order valence-electron chi connectivity index (χ1n) is 15.3. The number of allylic oxidation sites excluding steroid dienone is 4. The van der Waals surface area contributed by atoms with E-state index >= 15 is 4.39 Å². The van der Waals surface area contributed by atoms with Crippen LogP contribution in [0.4, 0.5) is 8.78 Å². The zero-order chi connectivity index (χ0) is 32.2. The zero-order valence-electron chi connectivity index (χ0n) is 27.2. The lowest BCUT2D eigenvalue weighted by atomic mass is 9.74. The van der Waals surface area contributed by atoms with E-state index in [1.807, 2.05) is 26.8 Å². The normalized spacial score (nSPS) is 16.6. The molecule has 0 saturated heterocycles. The Bertz CT molecular complexity index is 1440. The Kier molecular flexibility index (Phi) is 11.1. The van der Waals surface area contributed by atoms with E-state index in [1.165, 1.54) is 12.1 Å². The molecule has 0 radical (unpaired) electrons. The lowest BCUT2D eigenvalue weighted by Gasteiger charge is -2.35. The second-order valence-electron chi connectivity index (χ2n) is 12.8. The average molecular weight is 595 g/mol. The van der Waals surface area contributed by atoms with Crippen molar-refractivity contribution in [1.82, 2.24) is 9.88 Å². The molecule has 1 aromatic carbocycles. The Morgan fingerprint density at radius 2 is 1.77 bits per heavy atom. The summed E-state index contributed by atoms with van der Waals surface area (Å²) in [5.74, 6) is -1.17. The van der Waals surface area contributed by atoms with Gasteiger partial charge in [0, 0.05) is 42.4 Å². The van der Waals surface area contributed by atoms with Crippen LogP contribution >= 0.6 is 0 Å². The van der Waals surface area contributed by atoms with Crippen molar-refractivity contribution in [3.63, 3.8) is 0 Å². The third kappa shape index (κ3) is 7.99. The molecule has 234 valence electrons. The maximum atomic E-state index is 16.0. The lowest BCUT2D eigenvalue weighted by Crippen LogP contribution is -2.37. The molecule has 2 aromatic rings. The monoisotopic (exact) mass is 594 g/mol. The third-order valence-electron chi connectivity index (χ3n) is 8.76. The number of aromatic amines is 1. The fourth-order valence-corrected chi connectivity index (χ4v) is 5.83. The van der Waals surface area contributed by atoms with E-state index in [4.69, 9.17) is 4.74 Å². The highest BCUT2D eigenvalue weighted by Crippen LogP contribution is 2.50. The number of esters is 1. The van der Waals surface area contributed by atoms with Gasteiger partial charge in [-0.25, -0.2) is 13.6 Å². The zero-order valence-corrected chi connectivity index (χ0v) is 27.2. The molecule has 1 unspecified atom stereocenters. The van der Waals surface area contributed by atoms with Crippen molar-refractivity contribution < 1.29 is 18.3 Å². The van der Waals surface area contributed by atoms with Gasteiger partial charge in [-0.05, 0) is 114 Å². The average Bonchev–Trinajstić information content (AvgIpc) is 3.76. The lowest BCUT2D eigenvalue weighted by molar-refractivity contribution is 0.0571. The van der Waals surface area contributed by atoms with Crippen molar-refractivity contribution in [2.45, 2.75) is 99.5 Å². The second-order valence-corrected chi connectivity index (χ2v) is 12.8. The molecule has 1 aliphatic rings. The molecule has 7 heteroatoms. The number of aromatic nitrogens is 1. The van der Waals surface area contributed by atoms with E-state index in [0.29, 0.717) is 28.8 Å². The summed E-state index contributed by atoms with van der Waals surface area (Å²) in [4.78, 5) is 30.4. The summed E-state index contributed by atoms with van der Waals surface area (Å²) in [6.07, 6.45) is 8.07. The van der Waals surface area contributed by atoms with Crippen molar-refractivity contribution in [2.75, 3.05) is 0 Å². The SMILES string of the molecule is C=C/C(=C\C(=C/C)C(C1CC1)[C@@](C)(F)C(C)C)OC(=O)c1cc(CN(C(C)C)C(C)C)c(-c2cc(=O)[nH]cc2F)cc1C. The summed E-state index contributed by atoms with van der Waals surface area (Å²) in [7, 11) is 0. The molecule has 0 amide bonds. The highest BCUT2D eigenvalue weighted by atomic mass is 19.1. The molecule has 1 saturated carbocycles. The van der Waals surface area contributed by atoms with Crippen LogP contribution in [0.1, 0.15) is 89.7 Å². The molecule has 1 N–H and O–H groups in total. The van der Waals surface area contributed by atoms with E-state index in [9.17, 15) is 14.0 Å². The smallest absolute Gasteiger partial charge is 0.343 e. The van der Waals surface area contributed by atoms with E-state index in [0.717, 1.165) is 24.6 Å². The van der Waals surface area contributed by atoms with Gasteiger partial charge in [-0.1, -0.05) is 32.6 Å². The minimum Gasteiger partial charge on any atom is -0.423 e. The largest absolute Gasteiger partial charge is 0.423 e. The minimum atomic E-state index is -1.43. The van der Waals surface area contributed by atoms with Gasteiger partial charge in [0.2, 0.25) is 5.56 Å². The summed E-state index contributed by atoms with van der Waals surface area (Å²) in [6, 6.07) is 5.05. The molecule has 1 heterocycles. The summed E-state index contributed by atoms with van der Waals surface area (Å²) in [6.45, 7) is 21.7.